The number of fused-ring (bicyclic) bond motifs is 1. The molecule has 1 aliphatic rings. The third kappa shape index (κ3) is 2.65. The highest BCUT2D eigenvalue weighted by atomic mass is 16.7. The number of carbonyl (C=O) groups is 1. The molecule has 2 aromatic carbocycles. The Balaban J connectivity index is 1.78. The molecule has 1 heterocycles. The molecule has 20 heavy (non-hydrogen) atoms. The summed E-state index contributed by atoms with van der Waals surface area (Å²) < 4.78 is 15.8. The second kappa shape index (κ2) is 5.35. The lowest BCUT2D eigenvalue weighted by molar-refractivity contribution is -0.0164. The third-order valence-corrected chi connectivity index (χ3v) is 3.08. The van der Waals surface area contributed by atoms with Crippen molar-refractivity contribution in [2.75, 3.05) is 6.79 Å². The van der Waals surface area contributed by atoms with Gasteiger partial charge in [-0.2, -0.15) is 0 Å². The van der Waals surface area contributed by atoms with E-state index >= 15 is 0 Å². The molecular formula is C16H14O4. The Labute approximate surface area is 116 Å². The maximum atomic E-state index is 12.1. The third-order valence-electron chi connectivity index (χ3n) is 3.08. The van der Waals surface area contributed by atoms with Crippen molar-refractivity contribution >= 4 is 5.97 Å². The summed E-state index contributed by atoms with van der Waals surface area (Å²) in [5, 5.41) is 0. The first-order chi connectivity index (χ1) is 9.72. The highest BCUT2D eigenvalue weighted by Crippen LogP contribution is 2.25. The van der Waals surface area contributed by atoms with E-state index in [1.807, 2.05) is 19.1 Å². The molecule has 102 valence electrons. The molecule has 0 saturated carbocycles. The maximum Gasteiger partial charge on any atom is 0.343 e. The molecule has 0 N–H and O–H groups in total. The molecule has 2 aromatic rings. The SMILES string of the molecule is Cc1ccc(OC(=O)c2ccc3c(c2)COCO3)cc1. The van der Waals surface area contributed by atoms with Gasteiger partial charge in [0.1, 0.15) is 11.5 Å². The largest absolute Gasteiger partial charge is 0.467 e. The molecule has 0 spiro atoms. The second-order valence-electron chi connectivity index (χ2n) is 4.64. The summed E-state index contributed by atoms with van der Waals surface area (Å²) >= 11 is 0. The Morgan fingerprint density at radius 2 is 1.95 bits per heavy atom. The standard InChI is InChI=1S/C16H14O4/c1-11-2-5-14(6-3-11)20-16(17)12-4-7-15-13(8-12)9-18-10-19-15/h2-8H,9-10H2,1H3. The monoisotopic (exact) mass is 270 g/mol. The molecule has 0 atom stereocenters. The highest BCUT2D eigenvalue weighted by Gasteiger charge is 2.15. The molecular weight excluding hydrogens is 256 g/mol. The fraction of sp³-hybridized carbons (Fsp3) is 0.188. The van der Waals surface area contributed by atoms with Gasteiger partial charge in [-0.15, -0.1) is 0 Å². The van der Waals surface area contributed by atoms with Crippen LogP contribution >= 0.6 is 0 Å². The lowest BCUT2D eigenvalue weighted by Crippen LogP contribution is -2.14. The first-order valence-corrected chi connectivity index (χ1v) is 6.35. The van der Waals surface area contributed by atoms with Gasteiger partial charge in [0.2, 0.25) is 0 Å². The van der Waals surface area contributed by atoms with Crippen LogP contribution in [0.4, 0.5) is 0 Å². The van der Waals surface area contributed by atoms with Crippen molar-refractivity contribution in [1.29, 1.82) is 0 Å². The Morgan fingerprint density at radius 1 is 1.15 bits per heavy atom. The van der Waals surface area contributed by atoms with Crippen LogP contribution in [0.5, 0.6) is 11.5 Å². The number of esters is 1. The molecule has 0 bridgehead atoms. The lowest BCUT2D eigenvalue weighted by atomic mass is 10.1. The van der Waals surface area contributed by atoms with Crippen LogP contribution in [0.2, 0.25) is 0 Å². The zero-order chi connectivity index (χ0) is 13.9. The summed E-state index contributed by atoms with van der Waals surface area (Å²) in [5.41, 5.74) is 2.46. The Kier molecular flexibility index (Phi) is 3.39. The molecule has 0 radical (unpaired) electrons. The van der Waals surface area contributed by atoms with Crippen molar-refractivity contribution in [2.45, 2.75) is 13.5 Å². The lowest BCUT2D eigenvalue weighted by Gasteiger charge is -2.17. The first-order valence-electron chi connectivity index (χ1n) is 6.35. The number of hydrogen-bond acceptors (Lipinski definition) is 4. The van der Waals surface area contributed by atoms with Crippen molar-refractivity contribution in [1.82, 2.24) is 0 Å². The minimum absolute atomic E-state index is 0.250. The zero-order valence-electron chi connectivity index (χ0n) is 11.1. The van der Waals surface area contributed by atoms with Crippen molar-refractivity contribution in [3.8, 4) is 11.5 Å². The molecule has 0 saturated heterocycles. The van der Waals surface area contributed by atoms with Gasteiger partial charge in [-0.1, -0.05) is 17.7 Å². The molecule has 4 nitrogen and oxygen atoms in total. The number of ether oxygens (including phenoxy) is 3. The summed E-state index contributed by atoms with van der Waals surface area (Å²) in [5.74, 6) is 0.899. The van der Waals surface area contributed by atoms with E-state index in [-0.39, 0.29) is 12.8 Å². The minimum Gasteiger partial charge on any atom is -0.467 e. The second-order valence-corrected chi connectivity index (χ2v) is 4.64. The molecule has 1 aliphatic heterocycles. The quantitative estimate of drug-likeness (QED) is 0.621. The van der Waals surface area contributed by atoms with Crippen LogP contribution in [0.3, 0.4) is 0 Å². The van der Waals surface area contributed by atoms with Crippen molar-refractivity contribution in [2.24, 2.45) is 0 Å². The summed E-state index contributed by atoms with van der Waals surface area (Å²) in [6, 6.07) is 12.6. The van der Waals surface area contributed by atoms with Gasteiger partial charge in [0.25, 0.3) is 0 Å². The number of benzene rings is 2. The summed E-state index contributed by atoms with van der Waals surface area (Å²) in [6.45, 7) is 2.68. The van der Waals surface area contributed by atoms with Gasteiger partial charge in [0, 0.05) is 5.56 Å². The van der Waals surface area contributed by atoms with E-state index in [2.05, 4.69) is 0 Å². The number of carbonyl (C=O) groups excluding carboxylic acids is 1. The van der Waals surface area contributed by atoms with Crippen LogP contribution in [0.15, 0.2) is 42.5 Å². The molecule has 0 aliphatic carbocycles. The number of hydrogen-bond donors (Lipinski definition) is 0. The van der Waals surface area contributed by atoms with Crippen LogP contribution in [0.1, 0.15) is 21.5 Å². The van der Waals surface area contributed by atoms with Crippen LogP contribution < -0.4 is 9.47 Å². The minimum atomic E-state index is -0.387. The summed E-state index contributed by atoms with van der Waals surface area (Å²) in [7, 11) is 0. The van der Waals surface area contributed by atoms with E-state index in [4.69, 9.17) is 14.2 Å². The summed E-state index contributed by atoms with van der Waals surface area (Å²) in [4.78, 5) is 12.1. The molecule has 0 amide bonds. The van der Waals surface area contributed by atoms with Gasteiger partial charge >= 0.3 is 5.97 Å². The van der Waals surface area contributed by atoms with Gasteiger partial charge in [0.05, 0.1) is 12.2 Å². The normalized spacial score (nSPS) is 13.2. The van der Waals surface area contributed by atoms with Gasteiger partial charge in [-0.05, 0) is 37.3 Å². The predicted octanol–water partition coefficient (Wildman–Crippen LogP) is 3.08. The Bertz CT molecular complexity index is 631. The van der Waals surface area contributed by atoms with Crippen molar-refractivity contribution in [3.63, 3.8) is 0 Å². The smallest absolute Gasteiger partial charge is 0.343 e. The van der Waals surface area contributed by atoms with Gasteiger partial charge in [0.15, 0.2) is 6.79 Å². The molecule has 0 unspecified atom stereocenters. The van der Waals surface area contributed by atoms with Gasteiger partial charge in [-0.25, -0.2) is 4.79 Å². The number of rotatable bonds is 2. The fourth-order valence-electron chi connectivity index (χ4n) is 1.99. The Hall–Kier alpha value is -2.33. The van der Waals surface area contributed by atoms with E-state index in [9.17, 15) is 4.79 Å². The number of aryl methyl sites for hydroxylation is 1. The molecule has 3 rings (SSSR count). The average Bonchev–Trinajstić information content (AvgIpc) is 2.49. The van der Waals surface area contributed by atoms with Crippen LogP contribution in [-0.4, -0.2) is 12.8 Å². The van der Waals surface area contributed by atoms with Crippen LogP contribution in [0.25, 0.3) is 0 Å². The van der Waals surface area contributed by atoms with Gasteiger partial charge < -0.3 is 14.2 Å². The predicted molar refractivity (Wildman–Crippen MR) is 72.9 cm³/mol. The zero-order valence-corrected chi connectivity index (χ0v) is 11.1. The van der Waals surface area contributed by atoms with Gasteiger partial charge in [-0.3, -0.25) is 0 Å². The molecule has 4 heteroatoms. The van der Waals surface area contributed by atoms with Crippen molar-refractivity contribution in [3.05, 3.63) is 59.2 Å². The topological polar surface area (TPSA) is 44.8 Å². The van der Waals surface area contributed by atoms with Crippen molar-refractivity contribution < 1.29 is 19.0 Å². The summed E-state index contributed by atoms with van der Waals surface area (Å²) in [6.07, 6.45) is 0. The molecule has 0 fully saturated rings. The van der Waals surface area contributed by atoms with E-state index in [1.165, 1.54) is 0 Å². The highest BCUT2D eigenvalue weighted by molar-refractivity contribution is 5.91. The maximum absolute atomic E-state index is 12.1. The fourth-order valence-corrected chi connectivity index (χ4v) is 1.99. The van der Waals surface area contributed by atoms with Crippen LogP contribution in [-0.2, 0) is 11.3 Å². The Morgan fingerprint density at radius 3 is 2.75 bits per heavy atom. The van der Waals surface area contributed by atoms with E-state index in [1.54, 1.807) is 30.3 Å². The van der Waals surface area contributed by atoms with E-state index in [0.717, 1.165) is 16.9 Å². The van der Waals surface area contributed by atoms with E-state index in [0.29, 0.717) is 17.9 Å². The average molecular weight is 270 g/mol. The first kappa shape index (κ1) is 12.7. The van der Waals surface area contributed by atoms with E-state index < -0.39 is 0 Å². The molecule has 0 aromatic heterocycles. The van der Waals surface area contributed by atoms with Crippen LogP contribution in [0, 0.1) is 6.92 Å².